The molecular formula is C18H17N3O2. The number of hydrogen-bond acceptors (Lipinski definition) is 5. The molecule has 116 valence electrons. The minimum absolute atomic E-state index is 0.473. The monoisotopic (exact) mass is 307 g/mol. The van der Waals surface area contributed by atoms with Crippen LogP contribution in [0.5, 0.6) is 17.4 Å². The number of benzene rings is 2. The van der Waals surface area contributed by atoms with Gasteiger partial charge in [0.2, 0.25) is 5.88 Å². The van der Waals surface area contributed by atoms with Gasteiger partial charge in [0.15, 0.2) is 0 Å². The Labute approximate surface area is 134 Å². The molecule has 1 N–H and O–H groups in total. The van der Waals surface area contributed by atoms with Crippen LogP contribution in [-0.4, -0.2) is 17.1 Å². The number of anilines is 2. The molecule has 1 heterocycles. The van der Waals surface area contributed by atoms with Crippen molar-refractivity contribution in [3.8, 4) is 17.4 Å². The smallest absolute Gasteiger partial charge is 0.224 e. The van der Waals surface area contributed by atoms with Crippen molar-refractivity contribution < 1.29 is 9.47 Å². The molecule has 0 bridgehead atoms. The Morgan fingerprint density at radius 1 is 0.957 bits per heavy atom. The van der Waals surface area contributed by atoms with Crippen LogP contribution in [0.25, 0.3) is 0 Å². The van der Waals surface area contributed by atoms with Gasteiger partial charge in [-0.25, -0.2) is 9.97 Å². The van der Waals surface area contributed by atoms with E-state index in [1.165, 1.54) is 6.33 Å². The summed E-state index contributed by atoms with van der Waals surface area (Å²) >= 11 is 0. The average Bonchev–Trinajstić information content (AvgIpc) is 2.56. The Hall–Kier alpha value is -3.08. The topological polar surface area (TPSA) is 56.3 Å². The van der Waals surface area contributed by atoms with Crippen molar-refractivity contribution in [2.75, 3.05) is 12.4 Å². The lowest BCUT2D eigenvalue weighted by Gasteiger charge is -2.12. The number of hydrogen-bond donors (Lipinski definition) is 1. The molecule has 1 aromatic heterocycles. The molecule has 0 unspecified atom stereocenters. The van der Waals surface area contributed by atoms with Gasteiger partial charge in [0, 0.05) is 6.07 Å². The molecule has 0 amide bonds. The highest BCUT2D eigenvalue weighted by Crippen LogP contribution is 2.29. The standard InChI is InChI=1S/C18H17N3O2/c1-13-8-9-16(22-2)15(10-13)21-17-11-18(20-12-19-17)23-14-6-4-3-5-7-14/h3-12H,1-2H3,(H,19,20,21). The van der Waals surface area contributed by atoms with E-state index >= 15 is 0 Å². The van der Waals surface area contributed by atoms with Crippen molar-refractivity contribution >= 4 is 11.5 Å². The molecule has 0 fully saturated rings. The Kier molecular flexibility index (Phi) is 4.38. The first kappa shape index (κ1) is 14.8. The Morgan fingerprint density at radius 3 is 2.57 bits per heavy atom. The molecule has 0 aliphatic heterocycles. The highest BCUT2D eigenvalue weighted by Gasteiger charge is 2.06. The zero-order valence-electron chi connectivity index (χ0n) is 13.0. The van der Waals surface area contributed by atoms with E-state index in [2.05, 4.69) is 15.3 Å². The fraction of sp³-hybridized carbons (Fsp3) is 0.111. The molecule has 3 aromatic rings. The highest BCUT2D eigenvalue weighted by molar-refractivity contribution is 5.65. The lowest BCUT2D eigenvalue weighted by Crippen LogP contribution is -1.98. The van der Waals surface area contributed by atoms with Crippen LogP contribution >= 0.6 is 0 Å². The summed E-state index contributed by atoms with van der Waals surface area (Å²) in [5, 5.41) is 3.23. The second kappa shape index (κ2) is 6.79. The van der Waals surface area contributed by atoms with Crippen molar-refractivity contribution in [1.82, 2.24) is 9.97 Å². The highest BCUT2D eigenvalue weighted by atomic mass is 16.5. The first-order valence-electron chi connectivity index (χ1n) is 7.21. The zero-order valence-corrected chi connectivity index (χ0v) is 13.0. The second-order valence-electron chi connectivity index (χ2n) is 4.99. The number of para-hydroxylation sites is 1. The molecule has 5 nitrogen and oxygen atoms in total. The third-order valence-corrected chi connectivity index (χ3v) is 3.23. The van der Waals surface area contributed by atoms with Gasteiger partial charge in [-0.2, -0.15) is 0 Å². The van der Waals surface area contributed by atoms with Gasteiger partial charge in [0.05, 0.1) is 12.8 Å². The first-order valence-corrected chi connectivity index (χ1v) is 7.21. The number of aromatic nitrogens is 2. The summed E-state index contributed by atoms with van der Waals surface area (Å²) < 4.78 is 11.1. The van der Waals surface area contributed by atoms with Crippen LogP contribution in [0.3, 0.4) is 0 Å². The third kappa shape index (κ3) is 3.77. The number of rotatable bonds is 5. The van der Waals surface area contributed by atoms with Gasteiger partial charge in [-0.1, -0.05) is 24.3 Å². The summed E-state index contributed by atoms with van der Waals surface area (Å²) in [6.07, 6.45) is 1.46. The van der Waals surface area contributed by atoms with E-state index in [0.717, 1.165) is 22.7 Å². The van der Waals surface area contributed by atoms with Crippen molar-refractivity contribution in [3.05, 3.63) is 66.5 Å². The molecule has 0 radical (unpaired) electrons. The SMILES string of the molecule is COc1ccc(C)cc1Nc1cc(Oc2ccccc2)ncn1. The predicted molar refractivity (Wildman–Crippen MR) is 89.6 cm³/mol. The molecule has 0 saturated carbocycles. The van der Waals surface area contributed by atoms with Gasteiger partial charge in [-0.05, 0) is 36.8 Å². The largest absolute Gasteiger partial charge is 0.495 e. The summed E-state index contributed by atoms with van der Waals surface area (Å²) in [5.41, 5.74) is 1.97. The van der Waals surface area contributed by atoms with Gasteiger partial charge in [-0.3, -0.25) is 0 Å². The number of methoxy groups -OCH3 is 1. The molecule has 0 aliphatic carbocycles. The van der Waals surface area contributed by atoms with Gasteiger partial charge in [0.1, 0.15) is 23.6 Å². The Balaban J connectivity index is 1.82. The molecule has 3 rings (SSSR count). The number of ether oxygens (including phenoxy) is 2. The lowest BCUT2D eigenvalue weighted by atomic mass is 10.2. The van der Waals surface area contributed by atoms with E-state index in [1.54, 1.807) is 13.2 Å². The average molecular weight is 307 g/mol. The zero-order chi connectivity index (χ0) is 16.1. The fourth-order valence-corrected chi connectivity index (χ4v) is 2.13. The minimum atomic E-state index is 0.473. The molecule has 2 aromatic carbocycles. The summed E-state index contributed by atoms with van der Waals surface area (Å²) in [4.78, 5) is 8.36. The van der Waals surface area contributed by atoms with Crippen molar-refractivity contribution in [3.63, 3.8) is 0 Å². The first-order chi connectivity index (χ1) is 11.2. The van der Waals surface area contributed by atoms with Crippen molar-refractivity contribution in [2.45, 2.75) is 6.92 Å². The number of nitrogens with one attached hydrogen (secondary N) is 1. The number of aryl methyl sites for hydroxylation is 1. The van der Waals surface area contributed by atoms with Gasteiger partial charge in [-0.15, -0.1) is 0 Å². The van der Waals surface area contributed by atoms with E-state index in [0.29, 0.717) is 11.7 Å². The second-order valence-corrected chi connectivity index (χ2v) is 4.99. The van der Waals surface area contributed by atoms with E-state index in [4.69, 9.17) is 9.47 Å². The maximum atomic E-state index is 5.71. The molecule has 0 saturated heterocycles. The normalized spacial score (nSPS) is 10.2. The van der Waals surface area contributed by atoms with Crippen LogP contribution in [0.2, 0.25) is 0 Å². The van der Waals surface area contributed by atoms with E-state index in [1.807, 2.05) is 55.5 Å². The van der Waals surface area contributed by atoms with Crippen LogP contribution in [0.4, 0.5) is 11.5 Å². The van der Waals surface area contributed by atoms with Gasteiger partial charge >= 0.3 is 0 Å². The molecule has 0 spiro atoms. The molecular weight excluding hydrogens is 290 g/mol. The summed E-state index contributed by atoms with van der Waals surface area (Å²) in [5.74, 6) is 2.58. The number of nitrogens with zero attached hydrogens (tertiary/aromatic N) is 2. The summed E-state index contributed by atoms with van der Waals surface area (Å²) in [6, 6.07) is 17.2. The molecule has 0 aliphatic rings. The van der Waals surface area contributed by atoms with E-state index in [9.17, 15) is 0 Å². The maximum absolute atomic E-state index is 5.71. The van der Waals surface area contributed by atoms with Crippen LogP contribution in [0, 0.1) is 6.92 Å². The van der Waals surface area contributed by atoms with Crippen LogP contribution < -0.4 is 14.8 Å². The van der Waals surface area contributed by atoms with Gasteiger partial charge in [0.25, 0.3) is 0 Å². The fourth-order valence-electron chi connectivity index (χ4n) is 2.13. The van der Waals surface area contributed by atoms with E-state index in [-0.39, 0.29) is 0 Å². The molecule has 23 heavy (non-hydrogen) atoms. The third-order valence-electron chi connectivity index (χ3n) is 3.23. The van der Waals surface area contributed by atoms with Crippen LogP contribution in [0.1, 0.15) is 5.56 Å². The Bertz CT molecular complexity index is 791. The van der Waals surface area contributed by atoms with Crippen LogP contribution in [0.15, 0.2) is 60.9 Å². The molecule has 0 atom stereocenters. The maximum Gasteiger partial charge on any atom is 0.224 e. The van der Waals surface area contributed by atoms with Gasteiger partial charge < -0.3 is 14.8 Å². The molecule has 5 heteroatoms. The van der Waals surface area contributed by atoms with E-state index < -0.39 is 0 Å². The minimum Gasteiger partial charge on any atom is -0.495 e. The quantitative estimate of drug-likeness (QED) is 0.760. The van der Waals surface area contributed by atoms with Crippen molar-refractivity contribution in [2.24, 2.45) is 0 Å². The lowest BCUT2D eigenvalue weighted by molar-refractivity contribution is 0.416. The predicted octanol–water partition coefficient (Wildman–Crippen LogP) is 4.33. The van der Waals surface area contributed by atoms with Crippen LogP contribution in [-0.2, 0) is 0 Å². The Morgan fingerprint density at radius 2 is 1.78 bits per heavy atom. The summed E-state index contributed by atoms with van der Waals surface area (Å²) in [6.45, 7) is 2.02. The van der Waals surface area contributed by atoms with Crippen molar-refractivity contribution in [1.29, 1.82) is 0 Å². The summed E-state index contributed by atoms with van der Waals surface area (Å²) in [7, 11) is 1.64.